The minimum atomic E-state index is -8.70. The second-order valence-corrected chi connectivity index (χ2v) is 21.2. The molecule has 0 unspecified atom stereocenters. The first kappa shape index (κ1) is 59.6. The average molecular weight is 1030 g/mol. The first-order chi connectivity index (χ1) is 30.9. The van der Waals surface area contributed by atoms with Crippen molar-refractivity contribution in [2.24, 2.45) is 5.92 Å². The molecule has 0 saturated heterocycles. The molecule has 0 aromatic heterocycles. The molecule has 0 bridgehead atoms. The molecule has 68 heavy (non-hydrogen) atoms. The lowest BCUT2D eigenvalue weighted by atomic mass is 9.88. The van der Waals surface area contributed by atoms with Crippen LogP contribution >= 0.6 is 0 Å². The zero-order chi connectivity index (χ0) is 52.7. The molecule has 2 aromatic rings. The number of carbonyl (C=O) groups excluding carboxylic acids is 2. The molecule has 2 atom stereocenters. The molecule has 0 aliphatic heterocycles. The van der Waals surface area contributed by atoms with Crippen molar-refractivity contribution >= 4 is 26.1 Å². The van der Waals surface area contributed by atoms with Gasteiger partial charge in [0, 0.05) is 23.6 Å². The van der Waals surface area contributed by atoms with Crippen molar-refractivity contribution in [3.05, 3.63) is 65.7 Å². The summed E-state index contributed by atoms with van der Waals surface area (Å²) in [5, 5.41) is 2.59. The number of amides is 1. The summed E-state index contributed by atoms with van der Waals surface area (Å²) in [5.74, 6) is -57.2. The molecule has 1 amide bonds. The molecule has 0 saturated carbocycles. The zero-order valence-corrected chi connectivity index (χ0v) is 38.5. The number of nitrogens with one attached hydrogen (secondary N) is 1. The lowest BCUT2D eigenvalue weighted by molar-refractivity contribution is -0.461. The smallest absolute Gasteiger partial charge is 0.460 e. The van der Waals surface area contributed by atoms with Gasteiger partial charge in [-0.25, -0.2) is 9.59 Å². The summed E-state index contributed by atoms with van der Waals surface area (Å²) >= 11 is 0. The van der Waals surface area contributed by atoms with Gasteiger partial charge in [-0.15, -0.1) is 0 Å². The lowest BCUT2D eigenvalue weighted by Gasteiger charge is -2.44. The first-order valence-electron chi connectivity index (χ1n) is 20.4. The van der Waals surface area contributed by atoms with E-state index in [-0.39, 0.29) is 18.8 Å². The highest BCUT2D eigenvalue weighted by Gasteiger charge is 2.95. The van der Waals surface area contributed by atoms with Crippen LogP contribution in [0.1, 0.15) is 73.0 Å². The summed E-state index contributed by atoms with van der Waals surface area (Å²) in [6.07, 6.45) is -10.4. The molecule has 388 valence electrons. The quantitative estimate of drug-likeness (QED) is 0.0348. The normalized spacial score (nSPS) is 15.0. The summed E-state index contributed by atoms with van der Waals surface area (Å²) in [4.78, 5) is 25.2. The van der Waals surface area contributed by atoms with E-state index in [2.05, 4.69) is 5.32 Å². The summed E-state index contributed by atoms with van der Waals surface area (Å²) in [5.41, 5.74) is -0.700. The fourth-order valence-electron chi connectivity index (χ4n) is 6.76. The van der Waals surface area contributed by atoms with Crippen molar-refractivity contribution in [2.45, 2.75) is 132 Å². The lowest BCUT2D eigenvalue weighted by Crippen LogP contribution is -2.74. The zero-order valence-electron chi connectivity index (χ0n) is 37.5. The van der Waals surface area contributed by atoms with E-state index in [1.54, 1.807) is 44.2 Å². The largest absolute Gasteiger partial charge is 0.497 e. The fourth-order valence-corrected chi connectivity index (χ4v) is 11.2. The fraction of sp³-hybridized carbons (Fsp3) is 0.619. The predicted molar refractivity (Wildman–Crippen MR) is 214 cm³/mol. The van der Waals surface area contributed by atoms with E-state index in [1.807, 2.05) is 0 Å². The van der Waals surface area contributed by atoms with Crippen LogP contribution in [0, 0.1) is 5.92 Å². The number of esters is 1. The summed E-state index contributed by atoms with van der Waals surface area (Å²) in [6, 6.07) is 10.8. The third kappa shape index (κ3) is 12.3. The first-order valence-corrected chi connectivity index (χ1v) is 22.7. The standard InChI is InChI=1S/C42H50F17NO7Si/c1-9-64-33(61)27(7)11-10-26(6)32(67-34(62)60-29-14-18-30(63-8)19-15-29)28-12-16-31(17-13-28)65-21-22-66-68(24(2)3,25(4)5)23-20-35(43,44)36(45,46)37(47,48)38(49,50)39(51,52)40(53,54)41(55,56)42(57,58)59/h11-19,24-26,32H,9-10,20-23H2,1-8H3,(H,60,62)/b27-11+/t26-,32+/m0/s1. The van der Waals surface area contributed by atoms with Gasteiger partial charge in [-0.05, 0) is 79.4 Å². The van der Waals surface area contributed by atoms with E-state index in [4.69, 9.17) is 23.4 Å². The van der Waals surface area contributed by atoms with E-state index in [0.29, 0.717) is 22.6 Å². The van der Waals surface area contributed by atoms with Crippen LogP contribution in [0.4, 0.5) is 85.1 Å². The Morgan fingerprint density at radius 1 is 0.662 bits per heavy atom. The van der Waals surface area contributed by atoms with Crippen LogP contribution in [0.5, 0.6) is 11.5 Å². The second-order valence-electron chi connectivity index (χ2n) is 16.2. The van der Waals surface area contributed by atoms with Crippen molar-refractivity contribution in [1.82, 2.24) is 0 Å². The highest BCUT2D eigenvalue weighted by Crippen LogP contribution is 2.64. The van der Waals surface area contributed by atoms with Crippen LogP contribution in [0.3, 0.4) is 0 Å². The van der Waals surface area contributed by atoms with Crippen LogP contribution in [0.2, 0.25) is 17.1 Å². The van der Waals surface area contributed by atoms with E-state index < -0.39 is 117 Å². The Bertz CT molecular complexity index is 1990. The Balaban J connectivity index is 2.32. The van der Waals surface area contributed by atoms with Gasteiger partial charge in [-0.3, -0.25) is 5.32 Å². The molecule has 26 heteroatoms. The van der Waals surface area contributed by atoms with E-state index in [0.717, 1.165) is 0 Å². The van der Waals surface area contributed by atoms with Gasteiger partial charge in [0.2, 0.25) is 0 Å². The average Bonchev–Trinajstić information content (AvgIpc) is 3.23. The molecule has 8 nitrogen and oxygen atoms in total. The number of hydrogen-bond acceptors (Lipinski definition) is 7. The predicted octanol–water partition coefficient (Wildman–Crippen LogP) is 14.1. The van der Waals surface area contributed by atoms with Crippen LogP contribution in [-0.2, 0) is 18.7 Å². The van der Waals surface area contributed by atoms with Gasteiger partial charge in [0.1, 0.15) is 24.2 Å². The van der Waals surface area contributed by atoms with Gasteiger partial charge in [0.15, 0.2) is 8.32 Å². The minimum absolute atomic E-state index is 0.121. The number of anilines is 1. The Labute approximate surface area is 381 Å². The Morgan fingerprint density at radius 3 is 1.59 bits per heavy atom. The van der Waals surface area contributed by atoms with Crippen molar-refractivity contribution in [2.75, 3.05) is 32.2 Å². The van der Waals surface area contributed by atoms with Gasteiger partial charge < -0.3 is 23.4 Å². The summed E-state index contributed by atoms with van der Waals surface area (Å²) in [7, 11) is -2.57. The van der Waals surface area contributed by atoms with Crippen LogP contribution in [-0.4, -0.2) is 94.9 Å². The molecule has 2 rings (SSSR count). The highest BCUT2D eigenvalue weighted by molar-refractivity contribution is 6.76. The van der Waals surface area contributed by atoms with Gasteiger partial charge in [0.05, 0.1) is 20.3 Å². The van der Waals surface area contributed by atoms with Crippen molar-refractivity contribution < 1.29 is 108 Å². The van der Waals surface area contributed by atoms with Crippen LogP contribution in [0.25, 0.3) is 0 Å². The summed E-state index contributed by atoms with van der Waals surface area (Å²) in [6.45, 7) is 9.34. The van der Waals surface area contributed by atoms with E-state index in [1.165, 1.54) is 66.0 Å². The molecule has 0 spiro atoms. The Kier molecular flexibility index (Phi) is 19.4. The monoisotopic (exact) mass is 1030 g/mol. The number of ether oxygens (including phenoxy) is 4. The van der Waals surface area contributed by atoms with Crippen molar-refractivity contribution in [3.8, 4) is 11.5 Å². The molecule has 0 aliphatic rings. The van der Waals surface area contributed by atoms with Gasteiger partial charge >= 0.3 is 59.7 Å². The second kappa shape index (κ2) is 22.1. The van der Waals surface area contributed by atoms with Gasteiger partial charge in [-0.1, -0.05) is 52.8 Å². The summed E-state index contributed by atoms with van der Waals surface area (Å²) < 4.78 is 264. The molecule has 0 radical (unpaired) electrons. The van der Waals surface area contributed by atoms with E-state index in [9.17, 15) is 75.4 Å². The SMILES string of the molecule is CCOC(=O)/C(C)=C/C[C@H](C)[C@@H](OC(=O)Nc1ccc(OC)cc1)c1ccc(OCCO[Si](CCC(F)(F)C(F)(F)C(F)(F)C(F)(F)C(F)(F)C(F)(F)C(F)(F)C(F)(F)F)(C(C)C)C(C)C)cc1. The molecular formula is C42H50F17NO7Si. The number of methoxy groups -OCH3 is 1. The number of carbonyl (C=O) groups is 2. The molecule has 0 aliphatic carbocycles. The van der Waals surface area contributed by atoms with Crippen molar-refractivity contribution in [1.29, 1.82) is 0 Å². The Hall–Kier alpha value is -4.49. The third-order valence-electron chi connectivity index (χ3n) is 11.0. The van der Waals surface area contributed by atoms with Gasteiger partial charge in [-0.2, -0.15) is 74.6 Å². The van der Waals surface area contributed by atoms with Gasteiger partial charge in [0.25, 0.3) is 0 Å². The van der Waals surface area contributed by atoms with Crippen molar-refractivity contribution in [3.63, 3.8) is 0 Å². The van der Waals surface area contributed by atoms with Crippen LogP contribution in [0.15, 0.2) is 60.2 Å². The highest BCUT2D eigenvalue weighted by atomic mass is 28.4. The molecule has 0 fully saturated rings. The maximum atomic E-state index is 15.0. The number of benzene rings is 2. The molecule has 0 heterocycles. The Morgan fingerprint density at radius 2 is 1.13 bits per heavy atom. The molecular weight excluding hydrogens is 982 g/mol. The van der Waals surface area contributed by atoms with Crippen LogP contribution < -0.4 is 14.8 Å². The number of rotatable bonds is 25. The molecule has 1 N–H and O–H groups in total. The minimum Gasteiger partial charge on any atom is -0.497 e. The third-order valence-corrected chi connectivity index (χ3v) is 16.7. The number of allylic oxidation sites excluding steroid dienone is 1. The number of hydrogen-bond donors (Lipinski definition) is 1. The van der Waals surface area contributed by atoms with E-state index >= 15 is 8.78 Å². The molecule has 2 aromatic carbocycles. The topological polar surface area (TPSA) is 92.3 Å². The maximum Gasteiger partial charge on any atom is 0.460 e. The number of alkyl halides is 17. The number of halogens is 17. The maximum absolute atomic E-state index is 15.0.